The van der Waals surface area contributed by atoms with Crippen LogP contribution in [0.3, 0.4) is 0 Å². The molecule has 0 N–H and O–H groups in total. The Balaban J connectivity index is 1.79. The van der Waals surface area contributed by atoms with Gasteiger partial charge in [0.05, 0.1) is 0 Å². The predicted octanol–water partition coefficient (Wildman–Crippen LogP) is 3.94. The largest absolute Gasteiger partial charge is 0.381 e. The maximum absolute atomic E-state index is 5.76. The summed E-state index contributed by atoms with van der Waals surface area (Å²) in [6.45, 7) is 1.88. The van der Waals surface area contributed by atoms with Crippen LogP contribution in [0.1, 0.15) is 18.4 Å². The van der Waals surface area contributed by atoms with Crippen molar-refractivity contribution >= 4 is 23.4 Å². The molecule has 1 aromatic rings. The van der Waals surface area contributed by atoms with Crippen molar-refractivity contribution in [2.45, 2.75) is 23.6 Å². The molecule has 0 spiro atoms. The Bertz CT molecular complexity index is 306. The number of halogens is 1. The van der Waals surface area contributed by atoms with Gasteiger partial charge in [-0.05, 0) is 36.5 Å². The summed E-state index contributed by atoms with van der Waals surface area (Å²) in [6.07, 6.45) is 2.43. The molecule has 2 rings (SSSR count). The van der Waals surface area contributed by atoms with Gasteiger partial charge in [0.2, 0.25) is 0 Å². The molecule has 1 heterocycles. The summed E-state index contributed by atoms with van der Waals surface area (Å²) < 4.78 is 5.36. The second kappa shape index (κ2) is 6.53. The van der Waals surface area contributed by atoms with Gasteiger partial charge in [-0.25, -0.2) is 0 Å². The molecule has 16 heavy (non-hydrogen) atoms. The van der Waals surface area contributed by atoms with E-state index in [0.717, 1.165) is 19.1 Å². The van der Waals surface area contributed by atoms with E-state index in [1.807, 2.05) is 11.8 Å². The minimum atomic E-state index is 0.602. The number of benzene rings is 1. The Morgan fingerprint density at radius 1 is 1.19 bits per heavy atom. The van der Waals surface area contributed by atoms with Crippen molar-refractivity contribution in [2.24, 2.45) is 5.92 Å². The van der Waals surface area contributed by atoms with Crippen molar-refractivity contribution in [1.82, 2.24) is 0 Å². The van der Waals surface area contributed by atoms with Crippen LogP contribution < -0.4 is 0 Å². The molecule has 1 fully saturated rings. The number of hydrogen-bond donors (Lipinski definition) is 0. The Labute approximate surface area is 107 Å². The summed E-state index contributed by atoms with van der Waals surface area (Å²) in [5.41, 5.74) is 1.19. The van der Waals surface area contributed by atoms with Crippen LogP contribution in [0, 0.1) is 5.92 Å². The fourth-order valence-electron chi connectivity index (χ4n) is 1.80. The zero-order chi connectivity index (χ0) is 11.2. The zero-order valence-electron chi connectivity index (χ0n) is 9.32. The predicted molar refractivity (Wildman–Crippen MR) is 70.3 cm³/mol. The maximum atomic E-state index is 5.76. The summed E-state index contributed by atoms with van der Waals surface area (Å²) in [5.74, 6) is 2.64. The van der Waals surface area contributed by atoms with Gasteiger partial charge in [0.25, 0.3) is 0 Å². The SMILES string of the molecule is ClCc1ccc(SCC2CCOCC2)cc1. The molecule has 0 unspecified atom stereocenters. The third-order valence-corrected chi connectivity index (χ3v) is 4.46. The maximum Gasteiger partial charge on any atom is 0.0474 e. The van der Waals surface area contributed by atoms with Crippen LogP contribution in [0.25, 0.3) is 0 Å². The van der Waals surface area contributed by atoms with Crippen molar-refractivity contribution in [1.29, 1.82) is 0 Å². The Hall–Kier alpha value is -0.180. The van der Waals surface area contributed by atoms with Crippen LogP contribution in [0.4, 0.5) is 0 Å². The normalized spacial score (nSPS) is 17.6. The van der Waals surface area contributed by atoms with Crippen LogP contribution in [0.5, 0.6) is 0 Å². The highest BCUT2D eigenvalue weighted by Crippen LogP contribution is 2.26. The number of thioether (sulfide) groups is 1. The molecule has 1 saturated heterocycles. The zero-order valence-corrected chi connectivity index (χ0v) is 10.9. The molecule has 1 aromatic carbocycles. The van der Waals surface area contributed by atoms with Crippen LogP contribution >= 0.6 is 23.4 Å². The van der Waals surface area contributed by atoms with Crippen molar-refractivity contribution in [3.8, 4) is 0 Å². The molecule has 0 aromatic heterocycles. The van der Waals surface area contributed by atoms with Gasteiger partial charge in [-0.1, -0.05) is 12.1 Å². The van der Waals surface area contributed by atoms with Gasteiger partial charge in [0, 0.05) is 29.7 Å². The highest BCUT2D eigenvalue weighted by atomic mass is 35.5. The summed E-state index contributed by atoms with van der Waals surface area (Å²) in [4.78, 5) is 1.35. The lowest BCUT2D eigenvalue weighted by molar-refractivity contribution is 0.0728. The van der Waals surface area contributed by atoms with E-state index in [2.05, 4.69) is 24.3 Å². The molecule has 1 nitrogen and oxygen atoms in total. The molecule has 1 aliphatic heterocycles. The van der Waals surface area contributed by atoms with Crippen molar-refractivity contribution in [2.75, 3.05) is 19.0 Å². The molecule has 88 valence electrons. The Morgan fingerprint density at radius 2 is 1.88 bits per heavy atom. The third kappa shape index (κ3) is 3.69. The van der Waals surface area contributed by atoms with E-state index in [0.29, 0.717) is 5.88 Å². The highest BCUT2D eigenvalue weighted by Gasteiger charge is 2.13. The van der Waals surface area contributed by atoms with Gasteiger partial charge in [-0.3, -0.25) is 0 Å². The second-order valence-electron chi connectivity index (χ2n) is 4.14. The fraction of sp³-hybridized carbons (Fsp3) is 0.538. The standard InChI is InChI=1S/C13H17ClOS/c14-9-11-1-3-13(4-2-11)16-10-12-5-7-15-8-6-12/h1-4,12H,5-10H2. The molecule has 0 atom stereocenters. The lowest BCUT2D eigenvalue weighted by atomic mass is 10.0. The summed E-state index contributed by atoms with van der Waals surface area (Å²) >= 11 is 7.70. The first kappa shape index (κ1) is 12.3. The third-order valence-electron chi connectivity index (χ3n) is 2.90. The van der Waals surface area contributed by atoms with E-state index < -0.39 is 0 Å². The van der Waals surface area contributed by atoms with Crippen LogP contribution in [0.2, 0.25) is 0 Å². The van der Waals surface area contributed by atoms with E-state index in [-0.39, 0.29) is 0 Å². The Kier molecular flexibility index (Phi) is 5.01. The molecule has 0 radical (unpaired) electrons. The first-order chi connectivity index (χ1) is 7.88. The summed E-state index contributed by atoms with van der Waals surface area (Å²) in [7, 11) is 0. The minimum absolute atomic E-state index is 0.602. The second-order valence-corrected chi connectivity index (χ2v) is 5.51. The lowest BCUT2D eigenvalue weighted by Gasteiger charge is -2.21. The van der Waals surface area contributed by atoms with Gasteiger partial charge < -0.3 is 4.74 Å². The number of alkyl halides is 1. The van der Waals surface area contributed by atoms with Crippen molar-refractivity contribution < 1.29 is 4.74 Å². The lowest BCUT2D eigenvalue weighted by Crippen LogP contribution is -2.17. The van der Waals surface area contributed by atoms with Crippen LogP contribution in [-0.2, 0) is 10.6 Å². The van der Waals surface area contributed by atoms with E-state index in [1.165, 1.54) is 29.1 Å². The van der Waals surface area contributed by atoms with E-state index in [9.17, 15) is 0 Å². The van der Waals surface area contributed by atoms with Crippen LogP contribution in [-0.4, -0.2) is 19.0 Å². The van der Waals surface area contributed by atoms with Gasteiger partial charge in [-0.2, -0.15) is 0 Å². The number of hydrogen-bond acceptors (Lipinski definition) is 2. The molecule has 0 amide bonds. The molecular weight excluding hydrogens is 240 g/mol. The number of ether oxygens (including phenoxy) is 1. The van der Waals surface area contributed by atoms with Gasteiger partial charge in [0.15, 0.2) is 0 Å². The Morgan fingerprint density at radius 3 is 2.50 bits per heavy atom. The molecular formula is C13H17ClOS. The quantitative estimate of drug-likeness (QED) is 0.596. The van der Waals surface area contributed by atoms with Gasteiger partial charge >= 0.3 is 0 Å². The monoisotopic (exact) mass is 256 g/mol. The highest BCUT2D eigenvalue weighted by molar-refractivity contribution is 7.99. The summed E-state index contributed by atoms with van der Waals surface area (Å²) in [6, 6.07) is 8.56. The molecule has 1 aliphatic rings. The fourth-order valence-corrected chi connectivity index (χ4v) is 3.07. The minimum Gasteiger partial charge on any atom is -0.381 e. The molecule has 0 saturated carbocycles. The smallest absolute Gasteiger partial charge is 0.0474 e. The van der Waals surface area contributed by atoms with E-state index in [4.69, 9.17) is 16.3 Å². The topological polar surface area (TPSA) is 9.23 Å². The van der Waals surface area contributed by atoms with Crippen molar-refractivity contribution in [3.05, 3.63) is 29.8 Å². The van der Waals surface area contributed by atoms with Crippen molar-refractivity contribution in [3.63, 3.8) is 0 Å². The van der Waals surface area contributed by atoms with Gasteiger partial charge in [0.1, 0.15) is 0 Å². The molecule has 0 bridgehead atoms. The average molecular weight is 257 g/mol. The first-order valence-electron chi connectivity index (χ1n) is 5.74. The molecule has 3 heteroatoms. The average Bonchev–Trinajstić information content (AvgIpc) is 2.38. The van der Waals surface area contributed by atoms with E-state index >= 15 is 0 Å². The number of rotatable bonds is 4. The summed E-state index contributed by atoms with van der Waals surface area (Å²) in [5, 5.41) is 0. The van der Waals surface area contributed by atoms with E-state index in [1.54, 1.807) is 0 Å². The van der Waals surface area contributed by atoms with Crippen LogP contribution in [0.15, 0.2) is 29.2 Å². The molecule has 0 aliphatic carbocycles. The first-order valence-corrected chi connectivity index (χ1v) is 7.26. The van der Waals surface area contributed by atoms with Gasteiger partial charge in [-0.15, -0.1) is 23.4 Å².